The molecule has 0 aliphatic carbocycles. The van der Waals surface area contributed by atoms with Crippen LogP contribution < -0.4 is 0 Å². The zero-order chi connectivity index (χ0) is 10.9. The largest absolute Gasteiger partial charge is 0.395 e. The molecule has 1 fully saturated rings. The minimum Gasteiger partial charge on any atom is -0.395 e. The SMILES string of the molecule is CCCCN(CCO)CCN1CCCC1. The predicted octanol–water partition coefficient (Wildman–Crippen LogP) is 1.18. The van der Waals surface area contributed by atoms with Gasteiger partial charge in [-0.3, -0.25) is 4.90 Å². The van der Waals surface area contributed by atoms with Gasteiger partial charge in [0.2, 0.25) is 0 Å². The van der Waals surface area contributed by atoms with E-state index >= 15 is 0 Å². The third-order valence-corrected chi connectivity index (χ3v) is 3.18. The summed E-state index contributed by atoms with van der Waals surface area (Å²) in [5, 5.41) is 8.97. The van der Waals surface area contributed by atoms with Crippen LogP contribution in [0.15, 0.2) is 0 Å². The molecule has 0 aromatic heterocycles. The summed E-state index contributed by atoms with van der Waals surface area (Å²) >= 11 is 0. The highest BCUT2D eigenvalue weighted by Crippen LogP contribution is 2.06. The van der Waals surface area contributed by atoms with Gasteiger partial charge in [0.25, 0.3) is 0 Å². The average Bonchev–Trinajstić information content (AvgIpc) is 2.75. The van der Waals surface area contributed by atoms with Crippen LogP contribution in [0.4, 0.5) is 0 Å². The zero-order valence-electron chi connectivity index (χ0n) is 10.1. The standard InChI is InChI=1S/C12H26N2O/c1-2-3-6-14(11-12-15)10-9-13-7-4-5-8-13/h15H,2-12H2,1H3. The molecule has 1 aliphatic heterocycles. The molecule has 1 rings (SSSR count). The van der Waals surface area contributed by atoms with Crippen molar-refractivity contribution in [1.29, 1.82) is 0 Å². The lowest BCUT2D eigenvalue weighted by Crippen LogP contribution is -2.36. The molecule has 3 nitrogen and oxygen atoms in total. The summed E-state index contributed by atoms with van der Waals surface area (Å²) in [6.07, 6.45) is 5.23. The van der Waals surface area contributed by atoms with E-state index < -0.39 is 0 Å². The topological polar surface area (TPSA) is 26.7 Å². The van der Waals surface area contributed by atoms with E-state index in [-0.39, 0.29) is 0 Å². The van der Waals surface area contributed by atoms with Crippen LogP contribution >= 0.6 is 0 Å². The monoisotopic (exact) mass is 214 g/mol. The quantitative estimate of drug-likeness (QED) is 0.657. The third-order valence-electron chi connectivity index (χ3n) is 3.18. The Hall–Kier alpha value is -0.120. The van der Waals surface area contributed by atoms with Gasteiger partial charge >= 0.3 is 0 Å². The summed E-state index contributed by atoms with van der Waals surface area (Å²) in [4.78, 5) is 4.93. The van der Waals surface area contributed by atoms with Crippen molar-refractivity contribution in [1.82, 2.24) is 9.80 Å². The van der Waals surface area contributed by atoms with Crippen molar-refractivity contribution in [2.45, 2.75) is 32.6 Å². The second-order valence-corrected chi connectivity index (χ2v) is 4.47. The van der Waals surface area contributed by atoms with Gasteiger partial charge in [-0.05, 0) is 38.9 Å². The molecule has 0 aromatic carbocycles. The Balaban J connectivity index is 2.11. The maximum Gasteiger partial charge on any atom is 0.0558 e. The normalized spacial score (nSPS) is 17.8. The van der Waals surface area contributed by atoms with Crippen LogP contribution in [-0.4, -0.2) is 60.8 Å². The minimum absolute atomic E-state index is 0.295. The Kier molecular flexibility index (Phi) is 6.98. The molecule has 0 radical (unpaired) electrons. The number of rotatable bonds is 8. The minimum atomic E-state index is 0.295. The van der Waals surface area contributed by atoms with E-state index in [0.717, 1.165) is 19.6 Å². The van der Waals surface area contributed by atoms with E-state index in [1.807, 2.05) is 0 Å². The molecule has 1 aliphatic rings. The predicted molar refractivity (Wildman–Crippen MR) is 64.1 cm³/mol. The van der Waals surface area contributed by atoms with Gasteiger partial charge in [0.1, 0.15) is 0 Å². The van der Waals surface area contributed by atoms with Crippen LogP contribution in [0.25, 0.3) is 0 Å². The highest BCUT2D eigenvalue weighted by Gasteiger charge is 2.12. The smallest absolute Gasteiger partial charge is 0.0558 e. The molecule has 1 heterocycles. The first-order chi connectivity index (χ1) is 7.36. The molecule has 0 amide bonds. The highest BCUT2D eigenvalue weighted by atomic mass is 16.3. The van der Waals surface area contributed by atoms with Gasteiger partial charge in [-0.1, -0.05) is 13.3 Å². The first-order valence-corrected chi connectivity index (χ1v) is 6.42. The molecule has 1 N–H and O–H groups in total. The average molecular weight is 214 g/mol. The number of likely N-dealkylation sites (tertiary alicyclic amines) is 1. The van der Waals surface area contributed by atoms with E-state index in [1.165, 1.54) is 45.3 Å². The number of hydrogen-bond acceptors (Lipinski definition) is 3. The van der Waals surface area contributed by atoms with E-state index in [1.54, 1.807) is 0 Å². The van der Waals surface area contributed by atoms with Crippen molar-refractivity contribution < 1.29 is 5.11 Å². The zero-order valence-corrected chi connectivity index (χ0v) is 10.1. The summed E-state index contributed by atoms with van der Waals surface area (Å²) in [6.45, 7) is 9.37. The molecular weight excluding hydrogens is 188 g/mol. The summed E-state index contributed by atoms with van der Waals surface area (Å²) < 4.78 is 0. The fourth-order valence-corrected chi connectivity index (χ4v) is 2.15. The van der Waals surface area contributed by atoms with Gasteiger partial charge in [0, 0.05) is 19.6 Å². The van der Waals surface area contributed by atoms with Gasteiger partial charge in [-0.2, -0.15) is 0 Å². The van der Waals surface area contributed by atoms with E-state index in [9.17, 15) is 0 Å². The van der Waals surface area contributed by atoms with Crippen LogP contribution in [-0.2, 0) is 0 Å². The Morgan fingerprint density at radius 3 is 2.47 bits per heavy atom. The third kappa shape index (κ3) is 5.50. The second-order valence-electron chi connectivity index (χ2n) is 4.47. The fourth-order valence-electron chi connectivity index (χ4n) is 2.15. The number of unbranched alkanes of at least 4 members (excludes halogenated alkanes) is 1. The molecule has 3 heteroatoms. The Bertz CT molecular complexity index is 147. The number of hydrogen-bond donors (Lipinski definition) is 1. The molecule has 0 atom stereocenters. The Morgan fingerprint density at radius 2 is 1.87 bits per heavy atom. The molecular formula is C12H26N2O. The lowest BCUT2D eigenvalue weighted by molar-refractivity contribution is 0.175. The molecule has 0 aromatic rings. The van der Waals surface area contributed by atoms with E-state index in [2.05, 4.69) is 16.7 Å². The van der Waals surface area contributed by atoms with Crippen molar-refractivity contribution in [2.24, 2.45) is 0 Å². The molecule has 15 heavy (non-hydrogen) atoms. The van der Waals surface area contributed by atoms with Crippen LogP contribution in [0.1, 0.15) is 32.6 Å². The van der Waals surface area contributed by atoms with Crippen LogP contribution in [0.5, 0.6) is 0 Å². The summed E-state index contributed by atoms with van der Waals surface area (Å²) in [5.41, 5.74) is 0. The van der Waals surface area contributed by atoms with E-state index in [0.29, 0.717) is 6.61 Å². The molecule has 1 saturated heterocycles. The van der Waals surface area contributed by atoms with Gasteiger partial charge in [-0.25, -0.2) is 0 Å². The number of aliphatic hydroxyl groups is 1. The lowest BCUT2D eigenvalue weighted by atomic mass is 10.3. The van der Waals surface area contributed by atoms with Gasteiger partial charge < -0.3 is 10.0 Å². The Labute approximate surface area is 94.1 Å². The Morgan fingerprint density at radius 1 is 1.13 bits per heavy atom. The summed E-state index contributed by atoms with van der Waals surface area (Å²) in [5.74, 6) is 0. The molecule has 90 valence electrons. The highest BCUT2D eigenvalue weighted by molar-refractivity contribution is 4.68. The van der Waals surface area contributed by atoms with Crippen molar-refractivity contribution in [3.63, 3.8) is 0 Å². The molecule has 0 saturated carbocycles. The van der Waals surface area contributed by atoms with Crippen molar-refractivity contribution in [3.05, 3.63) is 0 Å². The van der Waals surface area contributed by atoms with Gasteiger partial charge in [0.15, 0.2) is 0 Å². The lowest BCUT2D eigenvalue weighted by Gasteiger charge is -2.24. The van der Waals surface area contributed by atoms with Crippen molar-refractivity contribution in [3.8, 4) is 0 Å². The number of aliphatic hydroxyl groups excluding tert-OH is 1. The molecule has 0 bridgehead atoms. The summed E-state index contributed by atoms with van der Waals surface area (Å²) in [6, 6.07) is 0. The molecule has 0 unspecified atom stereocenters. The van der Waals surface area contributed by atoms with Gasteiger partial charge in [0.05, 0.1) is 6.61 Å². The van der Waals surface area contributed by atoms with Crippen LogP contribution in [0.2, 0.25) is 0 Å². The number of nitrogens with zero attached hydrogens (tertiary/aromatic N) is 2. The van der Waals surface area contributed by atoms with E-state index in [4.69, 9.17) is 5.11 Å². The van der Waals surface area contributed by atoms with Crippen LogP contribution in [0, 0.1) is 0 Å². The fraction of sp³-hybridized carbons (Fsp3) is 1.00. The second kappa shape index (κ2) is 8.08. The van der Waals surface area contributed by atoms with Crippen molar-refractivity contribution >= 4 is 0 Å². The summed E-state index contributed by atoms with van der Waals surface area (Å²) in [7, 11) is 0. The first kappa shape index (κ1) is 12.9. The van der Waals surface area contributed by atoms with Crippen molar-refractivity contribution in [2.75, 3.05) is 45.9 Å². The first-order valence-electron chi connectivity index (χ1n) is 6.42. The molecule has 0 spiro atoms. The van der Waals surface area contributed by atoms with Crippen LogP contribution in [0.3, 0.4) is 0 Å². The van der Waals surface area contributed by atoms with Gasteiger partial charge in [-0.15, -0.1) is 0 Å². The maximum atomic E-state index is 8.97. The maximum absolute atomic E-state index is 8.97.